The summed E-state index contributed by atoms with van der Waals surface area (Å²) in [5.41, 5.74) is 1.45. The van der Waals surface area contributed by atoms with Gasteiger partial charge in [0.05, 0.1) is 0 Å². The number of benzene rings is 1. The van der Waals surface area contributed by atoms with Gasteiger partial charge in [-0.25, -0.2) is 0 Å². The van der Waals surface area contributed by atoms with Gasteiger partial charge in [0.1, 0.15) is 0 Å². The number of nitrogens with zero attached hydrogens (tertiary/aromatic N) is 1. The smallest absolute Gasteiger partial charge is 0.0167 e. The second-order valence-corrected chi connectivity index (χ2v) is 4.93. The molecule has 1 N–H and O–H groups in total. The monoisotopic (exact) mass is 218 g/mol. The predicted octanol–water partition coefficient (Wildman–Crippen LogP) is 2.08. The fraction of sp³-hybridized carbons (Fsp3) is 0.571. The molecule has 2 heteroatoms. The molecular formula is C14H22N2. The molecule has 88 valence electrons. The molecule has 1 aliphatic rings. The summed E-state index contributed by atoms with van der Waals surface area (Å²) in [6, 6.07) is 11.4. The Kier molecular flexibility index (Phi) is 3.97. The number of hydrogen-bond donors (Lipinski definition) is 1. The van der Waals surface area contributed by atoms with Gasteiger partial charge in [0, 0.05) is 32.2 Å². The van der Waals surface area contributed by atoms with Crippen molar-refractivity contribution in [1.29, 1.82) is 0 Å². The normalized spacial score (nSPS) is 24.2. The molecule has 0 amide bonds. The average molecular weight is 218 g/mol. The van der Waals surface area contributed by atoms with E-state index in [1.807, 2.05) is 0 Å². The molecule has 1 aromatic rings. The van der Waals surface area contributed by atoms with Gasteiger partial charge in [-0.3, -0.25) is 4.90 Å². The Bertz CT molecular complexity index is 310. The zero-order valence-corrected chi connectivity index (χ0v) is 10.3. The van der Waals surface area contributed by atoms with Crippen LogP contribution in [0.5, 0.6) is 0 Å². The molecule has 0 aromatic heterocycles. The second-order valence-electron chi connectivity index (χ2n) is 4.93. The van der Waals surface area contributed by atoms with Gasteiger partial charge in [0.15, 0.2) is 0 Å². The third-order valence-electron chi connectivity index (χ3n) is 3.35. The van der Waals surface area contributed by atoms with E-state index in [0.29, 0.717) is 12.0 Å². The van der Waals surface area contributed by atoms with Gasteiger partial charge in [0.2, 0.25) is 0 Å². The Morgan fingerprint density at radius 2 is 2.12 bits per heavy atom. The maximum absolute atomic E-state index is 3.48. The summed E-state index contributed by atoms with van der Waals surface area (Å²) in [5.74, 6) is 0.631. The molecule has 1 aliphatic heterocycles. The molecule has 1 heterocycles. The van der Waals surface area contributed by atoms with Crippen LogP contribution in [-0.2, 0) is 0 Å². The van der Waals surface area contributed by atoms with Crippen LogP contribution >= 0.6 is 0 Å². The van der Waals surface area contributed by atoms with Crippen molar-refractivity contribution in [2.75, 3.05) is 26.2 Å². The van der Waals surface area contributed by atoms with Crippen LogP contribution in [0.4, 0.5) is 0 Å². The molecule has 1 aromatic carbocycles. The van der Waals surface area contributed by atoms with Crippen molar-refractivity contribution in [3.8, 4) is 0 Å². The minimum atomic E-state index is 0.631. The number of piperazine rings is 1. The van der Waals surface area contributed by atoms with Crippen LogP contribution in [0.15, 0.2) is 30.3 Å². The molecule has 2 rings (SSSR count). The summed E-state index contributed by atoms with van der Waals surface area (Å²) in [6.07, 6.45) is 0. The highest BCUT2D eigenvalue weighted by atomic mass is 15.2. The molecule has 2 atom stereocenters. The van der Waals surface area contributed by atoms with E-state index in [0.717, 1.165) is 6.54 Å². The lowest BCUT2D eigenvalue weighted by Crippen LogP contribution is -2.49. The third-order valence-corrected chi connectivity index (χ3v) is 3.35. The highest BCUT2D eigenvalue weighted by Gasteiger charge is 2.17. The molecule has 0 spiro atoms. The Balaban J connectivity index is 1.89. The lowest BCUT2D eigenvalue weighted by atomic mass is 10.0. The van der Waals surface area contributed by atoms with Crippen LogP contribution < -0.4 is 5.32 Å². The van der Waals surface area contributed by atoms with Crippen molar-refractivity contribution in [2.45, 2.75) is 25.8 Å². The van der Waals surface area contributed by atoms with E-state index < -0.39 is 0 Å². The molecule has 0 radical (unpaired) electrons. The molecule has 1 fully saturated rings. The Morgan fingerprint density at radius 1 is 1.38 bits per heavy atom. The minimum absolute atomic E-state index is 0.631. The molecule has 16 heavy (non-hydrogen) atoms. The van der Waals surface area contributed by atoms with E-state index in [1.54, 1.807) is 0 Å². The van der Waals surface area contributed by atoms with Crippen molar-refractivity contribution < 1.29 is 0 Å². The Morgan fingerprint density at radius 3 is 2.81 bits per heavy atom. The molecule has 0 aliphatic carbocycles. The number of nitrogens with one attached hydrogen (secondary N) is 1. The lowest BCUT2D eigenvalue weighted by molar-refractivity contribution is 0.199. The first-order chi connectivity index (χ1) is 7.75. The number of rotatable bonds is 3. The SMILES string of the molecule is CC(CN1CCN[C@H](C)C1)c1ccccc1. The van der Waals surface area contributed by atoms with Crippen LogP contribution in [0.3, 0.4) is 0 Å². The van der Waals surface area contributed by atoms with Crippen LogP contribution in [0.25, 0.3) is 0 Å². The maximum Gasteiger partial charge on any atom is 0.0167 e. The van der Waals surface area contributed by atoms with Crippen LogP contribution in [0.2, 0.25) is 0 Å². The van der Waals surface area contributed by atoms with Crippen molar-refractivity contribution in [3.63, 3.8) is 0 Å². The largest absolute Gasteiger partial charge is 0.312 e. The summed E-state index contributed by atoms with van der Waals surface area (Å²) >= 11 is 0. The van der Waals surface area contributed by atoms with Crippen LogP contribution in [-0.4, -0.2) is 37.1 Å². The average Bonchev–Trinajstić information content (AvgIpc) is 2.30. The zero-order valence-electron chi connectivity index (χ0n) is 10.3. The Labute approximate surface area is 98.7 Å². The lowest BCUT2D eigenvalue weighted by Gasteiger charge is -2.33. The van der Waals surface area contributed by atoms with Gasteiger partial charge in [-0.2, -0.15) is 0 Å². The van der Waals surface area contributed by atoms with Gasteiger partial charge in [-0.1, -0.05) is 37.3 Å². The van der Waals surface area contributed by atoms with E-state index in [4.69, 9.17) is 0 Å². The first-order valence-electron chi connectivity index (χ1n) is 6.26. The van der Waals surface area contributed by atoms with Crippen molar-refractivity contribution in [1.82, 2.24) is 10.2 Å². The summed E-state index contributed by atoms with van der Waals surface area (Å²) in [5, 5.41) is 3.48. The van der Waals surface area contributed by atoms with E-state index in [2.05, 4.69) is 54.4 Å². The highest BCUT2D eigenvalue weighted by Crippen LogP contribution is 2.16. The Hall–Kier alpha value is -0.860. The van der Waals surface area contributed by atoms with E-state index in [-0.39, 0.29) is 0 Å². The summed E-state index contributed by atoms with van der Waals surface area (Å²) in [4.78, 5) is 2.57. The summed E-state index contributed by atoms with van der Waals surface area (Å²) in [6.45, 7) is 9.25. The molecule has 0 bridgehead atoms. The molecular weight excluding hydrogens is 196 g/mol. The predicted molar refractivity (Wildman–Crippen MR) is 68.8 cm³/mol. The van der Waals surface area contributed by atoms with Gasteiger partial charge in [0.25, 0.3) is 0 Å². The van der Waals surface area contributed by atoms with Gasteiger partial charge in [-0.15, -0.1) is 0 Å². The first kappa shape index (κ1) is 11.6. The van der Waals surface area contributed by atoms with E-state index in [9.17, 15) is 0 Å². The molecule has 0 saturated carbocycles. The van der Waals surface area contributed by atoms with Gasteiger partial charge < -0.3 is 5.32 Å². The summed E-state index contributed by atoms with van der Waals surface area (Å²) < 4.78 is 0. The zero-order chi connectivity index (χ0) is 11.4. The van der Waals surface area contributed by atoms with Crippen LogP contribution in [0.1, 0.15) is 25.3 Å². The quantitative estimate of drug-likeness (QED) is 0.835. The second kappa shape index (κ2) is 5.46. The van der Waals surface area contributed by atoms with Crippen molar-refractivity contribution in [2.24, 2.45) is 0 Å². The molecule has 1 saturated heterocycles. The van der Waals surface area contributed by atoms with E-state index >= 15 is 0 Å². The first-order valence-corrected chi connectivity index (χ1v) is 6.26. The summed E-state index contributed by atoms with van der Waals surface area (Å²) in [7, 11) is 0. The highest BCUT2D eigenvalue weighted by molar-refractivity contribution is 5.19. The fourth-order valence-electron chi connectivity index (χ4n) is 2.45. The topological polar surface area (TPSA) is 15.3 Å². The van der Waals surface area contributed by atoms with E-state index in [1.165, 1.54) is 25.2 Å². The molecule has 1 unspecified atom stereocenters. The standard InChI is InChI=1S/C14H22N2/c1-12(14-6-4-3-5-7-14)10-16-9-8-15-13(2)11-16/h3-7,12-13,15H,8-11H2,1-2H3/t12?,13-/m1/s1. The van der Waals surface area contributed by atoms with Crippen LogP contribution in [0, 0.1) is 0 Å². The van der Waals surface area contributed by atoms with Crippen molar-refractivity contribution in [3.05, 3.63) is 35.9 Å². The number of hydrogen-bond acceptors (Lipinski definition) is 2. The van der Waals surface area contributed by atoms with Gasteiger partial charge in [-0.05, 0) is 18.4 Å². The molecule has 2 nitrogen and oxygen atoms in total. The fourth-order valence-corrected chi connectivity index (χ4v) is 2.45. The third kappa shape index (κ3) is 3.06. The van der Waals surface area contributed by atoms with Crippen molar-refractivity contribution >= 4 is 0 Å². The minimum Gasteiger partial charge on any atom is -0.312 e. The van der Waals surface area contributed by atoms with Gasteiger partial charge >= 0.3 is 0 Å². The maximum atomic E-state index is 3.48.